The summed E-state index contributed by atoms with van der Waals surface area (Å²) >= 11 is 1.32. The first-order valence-corrected chi connectivity index (χ1v) is 5.90. The molecular weight excluding hydrogens is 216 g/mol. The Kier molecular flexibility index (Phi) is 7.21. The normalized spacial score (nSPS) is 14.3. The van der Waals surface area contributed by atoms with E-state index in [-0.39, 0.29) is 17.6 Å². The zero-order valence-electron chi connectivity index (χ0n) is 9.36. The molecule has 0 aliphatic rings. The fraction of sp³-hybridized carbons (Fsp3) is 0.800. The van der Waals surface area contributed by atoms with Gasteiger partial charge in [0.15, 0.2) is 0 Å². The molecule has 4 nitrogen and oxygen atoms in total. The van der Waals surface area contributed by atoms with Crippen LogP contribution in [0.5, 0.6) is 0 Å². The lowest BCUT2D eigenvalue weighted by Gasteiger charge is -2.15. The highest BCUT2D eigenvalue weighted by Crippen LogP contribution is 2.24. The smallest absolute Gasteiger partial charge is 0.316 e. The minimum Gasteiger partial charge on any atom is -0.480 e. The molecule has 0 aliphatic heterocycles. The second-order valence-electron chi connectivity index (χ2n) is 3.34. The number of ether oxygens (including phenoxy) is 1. The van der Waals surface area contributed by atoms with Gasteiger partial charge < -0.3 is 9.84 Å². The highest BCUT2D eigenvalue weighted by atomic mass is 32.2. The number of carbonyl (C=O) groups is 2. The van der Waals surface area contributed by atoms with Crippen molar-refractivity contribution in [2.45, 2.75) is 43.6 Å². The third kappa shape index (κ3) is 6.38. The van der Waals surface area contributed by atoms with Crippen molar-refractivity contribution >= 4 is 23.7 Å². The summed E-state index contributed by atoms with van der Waals surface area (Å²) in [6, 6.07) is 0. The molecule has 0 fully saturated rings. The van der Waals surface area contributed by atoms with E-state index < -0.39 is 11.2 Å². The molecule has 0 aromatic heterocycles. The van der Waals surface area contributed by atoms with Crippen LogP contribution in [0, 0.1) is 0 Å². The molecule has 2 atom stereocenters. The number of carbonyl (C=O) groups excluding carboxylic acids is 1. The number of aliphatic carboxylic acids is 1. The quantitative estimate of drug-likeness (QED) is 0.682. The molecule has 5 heteroatoms. The van der Waals surface area contributed by atoms with Crippen molar-refractivity contribution in [1.82, 2.24) is 0 Å². The van der Waals surface area contributed by atoms with Gasteiger partial charge in [-0.1, -0.05) is 20.3 Å². The number of rotatable bonds is 7. The van der Waals surface area contributed by atoms with E-state index in [0.717, 1.165) is 6.42 Å². The highest BCUT2D eigenvalue weighted by Gasteiger charge is 2.21. The van der Waals surface area contributed by atoms with Crippen LogP contribution in [0.25, 0.3) is 0 Å². The Morgan fingerprint density at radius 2 is 2.07 bits per heavy atom. The molecule has 15 heavy (non-hydrogen) atoms. The number of carboxylic acid groups (broad SMARTS) is 1. The van der Waals surface area contributed by atoms with Crippen LogP contribution < -0.4 is 0 Å². The van der Waals surface area contributed by atoms with Crippen molar-refractivity contribution in [1.29, 1.82) is 0 Å². The third-order valence-corrected chi connectivity index (χ3v) is 3.30. The van der Waals surface area contributed by atoms with Gasteiger partial charge in [-0.25, -0.2) is 0 Å². The van der Waals surface area contributed by atoms with Crippen molar-refractivity contribution in [3.63, 3.8) is 0 Å². The van der Waals surface area contributed by atoms with E-state index in [9.17, 15) is 9.59 Å². The first kappa shape index (κ1) is 14.3. The maximum atomic E-state index is 10.9. The number of methoxy groups -OCH3 is 1. The molecule has 0 aliphatic carbocycles. The molecule has 0 heterocycles. The van der Waals surface area contributed by atoms with Gasteiger partial charge in [0.05, 0.1) is 13.5 Å². The fourth-order valence-corrected chi connectivity index (χ4v) is 2.44. The number of carboxylic acids is 1. The van der Waals surface area contributed by atoms with Crippen LogP contribution in [0.2, 0.25) is 0 Å². The van der Waals surface area contributed by atoms with E-state index in [2.05, 4.69) is 4.74 Å². The summed E-state index contributed by atoms with van der Waals surface area (Å²) in [5.74, 6) is -1.10. The van der Waals surface area contributed by atoms with Gasteiger partial charge >= 0.3 is 11.9 Å². The first-order chi connectivity index (χ1) is 7.01. The summed E-state index contributed by atoms with van der Waals surface area (Å²) in [6.45, 7) is 3.79. The van der Waals surface area contributed by atoms with E-state index in [4.69, 9.17) is 5.11 Å². The fourth-order valence-electron chi connectivity index (χ4n) is 1.16. The molecule has 2 unspecified atom stereocenters. The monoisotopic (exact) mass is 234 g/mol. The van der Waals surface area contributed by atoms with Crippen molar-refractivity contribution < 1.29 is 19.4 Å². The summed E-state index contributed by atoms with van der Waals surface area (Å²) in [7, 11) is 1.33. The largest absolute Gasteiger partial charge is 0.480 e. The molecule has 0 rings (SSSR count). The summed E-state index contributed by atoms with van der Waals surface area (Å²) in [6.07, 6.45) is 1.72. The minimum atomic E-state index is -0.807. The van der Waals surface area contributed by atoms with Gasteiger partial charge in [0, 0.05) is 5.25 Å². The number of esters is 1. The average Bonchev–Trinajstić information content (AvgIpc) is 2.16. The lowest BCUT2D eigenvalue weighted by atomic mass is 10.2. The van der Waals surface area contributed by atoms with E-state index in [1.807, 2.05) is 13.8 Å². The molecule has 0 aromatic rings. The summed E-state index contributed by atoms with van der Waals surface area (Å²) in [4.78, 5) is 21.8. The van der Waals surface area contributed by atoms with Crippen LogP contribution >= 0.6 is 11.8 Å². The summed E-state index contributed by atoms with van der Waals surface area (Å²) < 4.78 is 4.52. The van der Waals surface area contributed by atoms with Gasteiger partial charge in [-0.15, -0.1) is 11.8 Å². The minimum absolute atomic E-state index is 0.0231. The van der Waals surface area contributed by atoms with Gasteiger partial charge in [-0.3, -0.25) is 9.59 Å². The van der Waals surface area contributed by atoms with Crippen molar-refractivity contribution in [3.05, 3.63) is 0 Å². The van der Waals surface area contributed by atoms with Crippen LogP contribution in [0.1, 0.15) is 33.1 Å². The number of hydrogen-bond acceptors (Lipinski definition) is 4. The Hall–Kier alpha value is -0.710. The lowest BCUT2D eigenvalue weighted by Crippen LogP contribution is -2.20. The predicted molar refractivity (Wildman–Crippen MR) is 60.0 cm³/mol. The second-order valence-corrected chi connectivity index (χ2v) is 4.99. The zero-order valence-corrected chi connectivity index (χ0v) is 10.2. The van der Waals surface area contributed by atoms with Gasteiger partial charge in [-0.2, -0.15) is 0 Å². The summed E-state index contributed by atoms with van der Waals surface area (Å²) in [5, 5.41) is 8.46. The van der Waals surface area contributed by atoms with Crippen LogP contribution in [0.3, 0.4) is 0 Å². The maximum Gasteiger partial charge on any atom is 0.316 e. The van der Waals surface area contributed by atoms with E-state index in [1.54, 1.807) is 0 Å². The highest BCUT2D eigenvalue weighted by molar-refractivity contribution is 8.01. The Balaban J connectivity index is 4.04. The molecule has 0 aromatic carbocycles. The van der Waals surface area contributed by atoms with Crippen LogP contribution in [0.15, 0.2) is 0 Å². The zero-order chi connectivity index (χ0) is 11.8. The lowest BCUT2D eigenvalue weighted by molar-refractivity contribution is -0.140. The molecule has 0 amide bonds. The topological polar surface area (TPSA) is 63.6 Å². The Morgan fingerprint density at radius 3 is 2.47 bits per heavy atom. The molecule has 0 saturated heterocycles. The van der Waals surface area contributed by atoms with E-state index in [0.29, 0.717) is 6.42 Å². The number of thioether (sulfide) groups is 1. The van der Waals surface area contributed by atoms with Crippen molar-refractivity contribution in [2.75, 3.05) is 7.11 Å². The Morgan fingerprint density at radius 1 is 1.47 bits per heavy atom. The van der Waals surface area contributed by atoms with Gasteiger partial charge in [-0.05, 0) is 6.42 Å². The molecule has 1 N–H and O–H groups in total. The van der Waals surface area contributed by atoms with E-state index >= 15 is 0 Å². The molecule has 0 saturated carbocycles. The standard InChI is InChI=1S/C10H18O4S/c1-4-5-8(10(12)13)15-7(2)6-9(11)14-3/h7-8H,4-6H2,1-3H3,(H,12,13). The predicted octanol–water partition coefficient (Wildman–Crippen LogP) is 1.92. The van der Waals surface area contributed by atoms with E-state index in [1.165, 1.54) is 18.9 Å². The molecule has 0 radical (unpaired) electrons. The second kappa shape index (κ2) is 7.56. The molecule has 0 spiro atoms. The van der Waals surface area contributed by atoms with Crippen LogP contribution in [0.4, 0.5) is 0 Å². The van der Waals surface area contributed by atoms with Crippen LogP contribution in [-0.2, 0) is 14.3 Å². The summed E-state index contributed by atoms with van der Waals surface area (Å²) in [5.41, 5.74) is 0. The SMILES string of the molecule is CCCC(SC(C)CC(=O)OC)C(=O)O. The maximum absolute atomic E-state index is 10.9. The third-order valence-electron chi connectivity index (χ3n) is 1.90. The molecule has 0 bridgehead atoms. The molecular formula is C10H18O4S. The van der Waals surface area contributed by atoms with Gasteiger partial charge in [0.25, 0.3) is 0 Å². The molecule has 88 valence electrons. The van der Waals surface area contributed by atoms with Gasteiger partial charge in [0.2, 0.25) is 0 Å². The first-order valence-electron chi connectivity index (χ1n) is 4.96. The van der Waals surface area contributed by atoms with Crippen LogP contribution in [-0.4, -0.2) is 34.7 Å². The van der Waals surface area contributed by atoms with Crippen molar-refractivity contribution in [2.24, 2.45) is 0 Å². The Bertz CT molecular complexity index is 217. The van der Waals surface area contributed by atoms with Crippen molar-refractivity contribution in [3.8, 4) is 0 Å². The number of hydrogen-bond donors (Lipinski definition) is 1. The average molecular weight is 234 g/mol. The van der Waals surface area contributed by atoms with Gasteiger partial charge in [0.1, 0.15) is 5.25 Å². The Labute approximate surface area is 94.4 Å².